The van der Waals surface area contributed by atoms with Gasteiger partial charge in [0, 0.05) is 11.1 Å². The van der Waals surface area contributed by atoms with E-state index in [1.54, 1.807) is 37.3 Å². The van der Waals surface area contributed by atoms with Crippen LogP contribution in [0.2, 0.25) is 0 Å². The number of halogens is 6. The summed E-state index contributed by atoms with van der Waals surface area (Å²) in [7, 11) is 0. The maximum absolute atomic E-state index is 13.1. The average Bonchev–Trinajstić information content (AvgIpc) is 3.44. The van der Waals surface area contributed by atoms with E-state index in [0.29, 0.717) is 29.2 Å². The van der Waals surface area contributed by atoms with Crippen LogP contribution in [-0.4, -0.2) is 11.2 Å². The number of benzene rings is 2. The molecule has 0 radical (unpaired) electrons. The molecular formula is C24H16F6N2O4. The summed E-state index contributed by atoms with van der Waals surface area (Å²) in [5, 5.41) is 6.42. The average molecular weight is 510 g/mol. The Morgan fingerprint density at radius 1 is 0.917 bits per heavy atom. The quantitative estimate of drug-likeness (QED) is 0.279. The standard InChI is InChI=1S/C24H16F6N2O4/c1-13-20(21(32-36-13)14-5-3-2-4-6-14)31-22(33)34-12-18-7-8-19(35-18)15-9-16(23(25,26)27)11-17(10-15)24(28,29)30/h2-11H,12H2,1H3,(H,31,33). The first-order valence-corrected chi connectivity index (χ1v) is 10.3. The van der Waals surface area contributed by atoms with Gasteiger partial charge in [-0.15, -0.1) is 0 Å². The van der Waals surface area contributed by atoms with E-state index in [2.05, 4.69) is 10.5 Å². The minimum absolute atomic E-state index is 0.00329. The molecule has 4 aromatic rings. The number of hydrogen-bond donors (Lipinski definition) is 1. The Bertz CT molecular complexity index is 1340. The molecule has 0 aliphatic heterocycles. The van der Waals surface area contributed by atoms with Crippen molar-refractivity contribution in [3.8, 4) is 22.6 Å². The lowest BCUT2D eigenvalue weighted by Gasteiger charge is -2.13. The van der Waals surface area contributed by atoms with Gasteiger partial charge in [-0.3, -0.25) is 5.32 Å². The van der Waals surface area contributed by atoms with Gasteiger partial charge in [-0.05, 0) is 37.3 Å². The number of carbonyl (C=O) groups excluding carboxylic acids is 1. The summed E-state index contributed by atoms with van der Waals surface area (Å²) >= 11 is 0. The van der Waals surface area contributed by atoms with Gasteiger partial charge in [0.15, 0.2) is 12.4 Å². The number of nitrogens with zero attached hydrogens (tertiary/aromatic N) is 1. The Kier molecular flexibility index (Phi) is 6.53. The van der Waals surface area contributed by atoms with E-state index in [1.807, 2.05) is 0 Å². The Balaban J connectivity index is 1.48. The SMILES string of the molecule is Cc1onc(-c2ccccc2)c1NC(=O)OCc1ccc(-c2cc(C(F)(F)F)cc(C(F)(F)F)c2)o1. The summed E-state index contributed by atoms with van der Waals surface area (Å²) in [6, 6.07) is 12.5. The topological polar surface area (TPSA) is 77.5 Å². The number of anilines is 1. The van der Waals surface area contributed by atoms with Crippen LogP contribution < -0.4 is 5.32 Å². The predicted octanol–water partition coefficient (Wildman–Crippen LogP) is 7.70. The number of hydrogen-bond acceptors (Lipinski definition) is 5. The second kappa shape index (κ2) is 9.44. The molecule has 12 heteroatoms. The highest BCUT2D eigenvalue weighted by Crippen LogP contribution is 2.39. The first-order chi connectivity index (χ1) is 16.9. The summed E-state index contributed by atoms with van der Waals surface area (Å²) in [4.78, 5) is 12.3. The molecule has 188 valence electrons. The van der Waals surface area contributed by atoms with Gasteiger partial charge in [-0.25, -0.2) is 4.79 Å². The first kappa shape index (κ1) is 24.9. The second-order valence-electron chi connectivity index (χ2n) is 7.59. The van der Waals surface area contributed by atoms with Gasteiger partial charge in [-0.1, -0.05) is 35.5 Å². The molecule has 0 saturated heterocycles. The molecule has 2 aromatic carbocycles. The molecule has 2 heterocycles. The van der Waals surface area contributed by atoms with Crippen molar-refractivity contribution in [2.75, 3.05) is 5.32 Å². The van der Waals surface area contributed by atoms with E-state index in [4.69, 9.17) is 13.7 Å². The van der Waals surface area contributed by atoms with Gasteiger partial charge in [0.1, 0.15) is 22.9 Å². The van der Waals surface area contributed by atoms with Crippen LogP contribution in [0.5, 0.6) is 0 Å². The molecule has 0 aliphatic carbocycles. The van der Waals surface area contributed by atoms with E-state index in [1.165, 1.54) is 12.1 Å². The number of nitrogens with one attached hydrogen (secondary N) is 1. The molecule has 0 saturated carbocycles. The minimum atomic E-state index is -4.99. The summed E-state index contributed by atoms with van der Waals surface area (Å²) in [6.45, 7) is 1.14. The highest BCUT2D eigenvalue weighted by atomic mass is 19.4. The summed E-state index contributed by atoms with van der Waals surface area (Å²) < 4.78 is 94.2. The van der Waals surface area contributed by atoms with Crippen molar-refractivity contribution in [1.29, 1.82) is 0 Å². The van der Waals surface area contributed by atoms with Crippen molar-refractivity contribution in [2.45, 2.75) is 25.9 Å². The van der Waals surface area contributed by atoms with Gasteiger partial charge < -0.3 is 13.7 Å². The summed E-state index contributed by atoms with van der Waals surface area (Å²) in [5.41, 5.74) is -2.05. The fourth-order valence-electron chi connectivity index (χ4n) is 3.30. The predicted molar refractivity (Wildman–Crippen MR) is 115 cm³/mol. The van der Waals surface area contributed by atoms with Gasteiger partial charge in [-0.2, -0.15) is 26.3 Å². The molecule has 0 fully saturated rings. The first-order valence-electron chi connectivity index (χ1n) is 10.3. The van der Waals surface area contributed by atoms with Crippen molar-refractivity contribution >= 4 is 11.8 Å². The minimum Gasteiger partial charge on any atom is -0.457 e. The molecule has 4 rings (SSSR count). The molecule has 0 bridgehead atoms. The zero-order valence-corrected chi connectivity index (χ0v) is 18.3. The van der Waals surface area contributed by atoms with E-state index in [0.717, 1.165) is 0 Å². The van der Waals surface area contributed by atoms with Gasteiger partial charge in [0.25, 0.3) is 0 Å². The van der Waals surface area contributed by atoms with E-state index in [-0.39, 0.29) is 23.3 Å². The van der Waals surface area contributed by atoms with Crippen molar-refractivity contribution in [2.24, 2.45) is 0 Å². The maximum atomic E-state index is 13.1. The van der Waals surface area contributed by atoms with Crippen LogP contribution in [0.3, 0.4) is 0 Å². The van der Waals surface area contributed by atoms with Crippen LogP contribution in [0.4, 0.5) is 36.8 Å². The van der Waals surface area contributed by atoms with E-state index < -0.39 is 41.7 Å². The van der Waals surface area contributed by atoms with Gasteiger partial charge in [0.2, 0.25) is 0 Å². The third-order valence-corrected chi connectivity index (χ3v) is 5.02. The van der Waals surface area contributed by atoms with Gasteiger partial charge in [0.05, 0.1) is 11.1 Å². The lowest BCUT2D eigenvalue weighted by molar-refractivity contribution is -0.143. The number of aryl methyl sites for hydroxylation is 1. The largest absolute Gasteiger partial charge is 0.457 e. The lowest BCUT2D eigenvalue weighted by Crippen LogP contribution is -2.14. The summed E-state index contributed by atoms with van der Waals surface area (Å²) in [6.07, 6.45) is -10.9. The number of ether oxygens (including phenoxy) is 1. The number of rotatable bonds is 5. The van der Waals surface area contributed by atoms with Gasteiger partial charge >= 0.3 is 18.4 Å². The monoisotopic (exact) mass is 510 g/mol. The number of amides is 1. The zero-order valence-electron chi connectivity index (χ0n) is 18.3. The van der Waals surface area contributed by atoms with E-state index >= 15 is 0 Å². The third-order valence-electron chi connectivity index (χ3n) is 5.02. The molecular weight excluding hydrogens is 494 g/mol. The fraction of sp³-hybridized carbons (Fsp3) is 0.167. The Morgan fingerprint density at radius 3 is 2.17 bits per heavy atom. The van der Waals surface area contributed by atoms with Crippen LogP contribution in [0.25, 0.3) is 22.6 Å². The van der Waals surface area contributed by atoms with E-state index in [9.17, 15) is 31.1 Å². The summed E-state index contributed by atoms with van der Waals surface area (Å²) in [5.74, 6) is 0.0550. The molecule has 0 spiro atoms. The van der Waals surface area contributed by atoms with Crippen LogP contribution >= 0.6 is 0 Å². The molecule has 2 aromatic heterocycles. The van der Waals surface area contributed by atoms with Crippen LogP contribution in [0.15, 0.2) is 69.6 Å². The number of carbonyl (C=O) groups is 1. The van der Waals surface area contributed by atoms with Crippen molar-refractivity contribution in [1.82, 2.24) is 5.16 Å². The molecule has 1 amide bonds. The number of alkyl halides is 6. The normalized spacial score (nSPS) is 12.0. The van der Waals surface area contributed by atoms with Crippen LogP contribution in [0.1, 0.15) is 22.6 Å². The van der Waals surface area contributed by atoms with Crippen LogP contribution in [-0.2, 0) is 23.7 Å². The number of furan rings is 1. The lowest BCUT2D eigenvalue weighted by atomic mass is 10.0. The van der Waals surface area contributed by atoms with Crippen molar-refractivity contribution in [3.63, 3.8) is 0 Å². The Morgan fingerprint density at radius 2 is 1.56 bits per heavy atom. The Hall–Kier alpha value is -4.22. The maximum Gasteiger partial charge on any atom is 0.416 e. The Labute approximate surface area is 199 Å². The molecule has 0 atom stereocenters. The molecule has 36 heavy (non-hydrogen) atoms. The second-order valence-corrected chi connectivity index (χ2v) is 7.59. The fourth-order valence-corrected chi connectivity index (χ4v) is 3.30. The third kappa shape index (κ3) is 5.53. The van der Waals surface area contributed by atoms with Crippen molar-refractivity contribution < 1.29 is 44.8 Å². The smallest absolute Gasteiger partial charge is 0.416 e. The molecule has 6 nitrogen and oxygen atoms in total. The molecule has 1 N–H and O–H groups in total. The van der Waals surface area contributed by atoms with Crippen molar-refractivity contribution in [3.05, 3.63) is 83.3 Å². The molecule has 0 aliphatic rings. The molecule has 0 unspecified atom stereocenters. The number of aromatic nitrogens is 1. The highest BCUT2D eigenvalue weighted by molar-refractivity contribution is 5.91. The van der Waals surface area contributed by atoms with Crippen LogP contribution in [0, 0.1) is 6.92 Å². The zero-order chi connectivity index (χ0) is 26.1. The highest BCUT2D eigenvalue weighted by Gasteiger charge is 2.37.